The van der Waals surface area contributed by atoms with Crippen molar-refractivity contribution in [3.63, 3.8) is 0 Å². The molecule has 2 aromatic rings. The van der Waals surface area contributed by atoms with E-state index in [0.717, 1.165) is 54.3 Å². The minimum atomic E-state index is -0.196. The molecule has 32 heavy (non-hydrogen) atoms. The van der Waals surface area contributed by atoms with E-state index in [-0.39, 0.29) is 17.4 Å². The number of benzene rings is 1. The maximum Gasteiger partial charge on any atom is 0.253 e. The monoisotopic (exact) mass is 438 g/mol. The van der Waals surface area contributed by atoms with Gasteiger partial charge in [0, 0.05) is 47.8 Å². The van der Waals surface area contributed by atoms with Crippen molar-refractivity contribution in [3.8, 4) is 0 Å². The zero-order valence-electron chi connectivity index (χ0n) is 20.2. The molecule has 0 radical (unpaired) electrons. The van der Waals surface area contributed by atoms with E-state index in [1.54, 1.807) is 0 Å². The van der Waals surface area contributed by atoms with E-state index < -0.39 is 0 Å². The van der Waals surface area contributed by atoms with Gasteiger partial charge in [0.05, 0.1) is 12.1 Å². The van der Waals surface area contributed by atoms with Gasteiger partial charge in [0.2, 0.25) is 5.91 Å². The van der Waals surface area contributed by atoms with Crippen molar-refractivity contribution in [3.05, 3.63) is 35.5 Å². The van der Waals surface area contributed by atoms with E-state index in [9.17, 15) is 9.59 Å². The van der Waals surface area contributed by atoms with Crippen LogP contribution >= 0.6 is 0 Å². The van der Waals surface area contributed by atoms with Crippen molar-refractivity contribution in [2.24, 2.45) is 5.92 Å². The van der Waals surface area contributed by atoms with E-state index >= 15 is 0 Å². The summed E-state index contributed by atoms with van der Waals surface area (Å²) >= 11 is 0. The van der Waals surface area contributed by atoms with Crippen LogP contribution in [0.3, 0.4) is 0 Å². The average molecular weight is 439 g/mol. The van der Waals surface area contributed by atoms with Crippen molar-refractivity contribution in [2.45, 2.75) is 84.5 Å². The van der Waals surface area contributed by atoms with Gasteiger partial charge in [-0.2, -0.15) is 0 Å². The summed E-state index contributed by atoms with van der Waals surface area (Å²) in [6.07, 6.45) is 6.40. The van der Waals surface area contributed by atoms with Crippen LogP contribution in [0.15, 0.2) is 24.4 Å². The summed E-state index contributed by atoms with van der Waals surface area (Å²) in [6.45, 7) is 12.3. The van der Waals surface area contributed by atoms with E-state index in [4.69, 9.17) is 0 Å². The zero-order valence-corrected chi connectivity index (χ0v) is 20.2. The Hall–Kier alpha value is -2.34. The molecule has 2 aliphatic heterocycles. The molecule has 0 spiro atoms. The highest BCUT2D eigenvalue weighted by Crippen LogP contribution is 2.38. The molecular formula is C26H38N4O2. The first kappa shape index (κ1) is 22.8. The molecule has 2 saturated heterocycles. The molecule has 3 atom stereocenters. The fourth-order valence-electron chi connectivity index (χ4n) is 5.73. The molecular weight excluding hydrogens is 400 g/mol. The SMILES string of the molecule is CCn1cc(C(=O)NCC2C[C@H]3CC[C@@H](C2)N3CC(=O)NC(C)(C)C)c2c(C)cccc21. The second-order valence-corrected chi connectivity index (χ2v) is 10.7. The summed E-state index contributed by atoms with van der Waals surface area (Å²) in [5, 5.41) is 7.38. The molecule has 1 aromatic heterocycles. The minimum Gasteiger partial charge on any atom is -0.352 e. The second kappa shape index (κ2) is 8.89. The lowest BCUT2D eigenvalue weighted by atomic mass is 9.90. The number of nitrogens with zero attached hydrogens (tertiary/aromatic N) is 2. The number of carbonyl (C=O) groups excluding carboxylic acids is 2. The van der Waals surface area contributed by atoms with E-state index in [2.05, 4.69) is 52.1 Å². The molecule has 3 heterocycles. The van der Waals surface area contributed by atoms with Crippen LogP contribution in [0, 0.1) is 12.8 Å². The van der Waals surface area contributed by atoms with Gasteiger partial charge in [0.25, 0.3) is 5.91 Å². The molecule has 2 fully saturated rings. The average Bonchev–Trinajstić information content (AvgIpc) is 3.19. The fraction of sp³-hybridized carbons (Fsp3) is 0.615. The summed E-state index contributed by atoms with van der Waals surface area (Å²) in [7, 11) is 0. The normalized spacial score (nSPS) is 23.5. The van der Waals surface area contributed by atoms with Crippen LogP contribution in [0.4, 0.5) is 0 Å². The third-order valence-corrected chi connectivity index (χ3v) is 7.07. The number of aromatic nitrogens is 1. The predicted molar refractivity (Wildman–Crippen MR) is 129 cm³/mol. The highest BCUT2D eigenvalue weighted by Gasteiger charge is 2.41. The van der Waals surface area contributed by atoms with Crippen LogP contribution in [0.5, 0.6) is 0 Å². The van der Waals surface area contributed by atoms with Crippen molar-refractivity contribution in [2.75, 3.05) is 13.1 Å². The molecule has 6 heteroatoms. The molecule has 2 N–H and O–H groups in total. The maximum absolute atomic E-state index is 13.1. The lowest BCUT2D eigenvalue weighted by Gasteiger charge is -2.39. The molecule has 0 saturated carbocycles. The number of hydrogen-bond donors (Lipinski definition) is 2. The molecule has 1 aromatic carbocycles. The lowest BCUT2D eigenvalue weighted by Crippen LogP contribution is -2.52. The quantitative estimate of drug-likeness (QED) is 0.720. The largest absolute Gasteiger partial charge is 0.352 e. The van der Waals surface area contributed by atoms with Crippen LogP contribution in [0.1, 0.15) is 69.3 Å². The van der Waals surface area contributed by atoms with Crippen molar-refractivity contribution in [1.82, 2.24) is 20.1 Å². The summed E-state index contributed by atoms with van der Waals surface area (Å²) in [6, 6.07) is 7.11. The van der Waals surface area contributed by atoms with Crippen LogP contribution in [-0.2, 0) is 11.3 Å². The smallest absolute Gasteiger partial charge is 0.253 e. The first-order valence-electron chi connectivity index (χ1n) is 12.1. The summed E-state index contributed by atoms with van der Waals surface area (Å²) in [5.74, 6) is 0.610. The fourth-order valence-corrected chi connectivity index (χ4v) is 5.73. The Morgan fingerprint density at radius 3 is 2.44 bits per heavy atom. The van der Waals surface area contributed by atoms with E-state index in [1.165, 1.54) is 0 Å². The van der Waals surface area contributed by atoms with Crippen LogP contribution < -0.4 is 10.6 Å². The first-order chi connectivity index (χ1) is 15.2. The molecule has 2 amide bonds. The third-order valence-electron chi connectivity index (χ3n) is 7.07. The standard InChI is InChI=1S/C26H38N4O2/c1-6-29-15-21(24-17(2)8-7-9-22(24)29)25(32)27-14-18-12-19-10-11-20(13-18)30(19)16-23(31)28-26(3,4)5/h7-9,15,18-20H,6,10-14,16H2,1-5H3,(H,27,32)(H,28,31)/t18?,19-,20+. The van der Waals surface area contributed by atoms with E-state index in [1.807, 2.05) is 27.0 Å². The van der Waals surface area contributed by atoms with Gasteiger partial charge >= 0.3 is 0 Å². The van der Waals surface area contributed by atoms with Gasteiger partial charge in [-0.3, -0.25) is 14.5 Å². The molecule has 2 aliphatic rings. The molecule has 1 unspecified atom stereocenters. The third kappa shape index (κ3) is 4.70. The Morgan fingerprint density at radius 2 is 1.81 bits per heavy atom. The maximum atomic E-state index is 13.1. The molecule has 0 aliphatic carbocycles. The molecule has 6 nitrogen and oxygen atoms in total. The number of carbonyl (C=O) groups is 2. The Labute approximate surface area is 191 Å². The highest BCUT2D eigenvalue weighted by molar-refractivity contribution is 6.08. The minimum absolute atomic E-state index is 0.0239. The van der Waals surface area contributed by atoms with Gasteiger partial charge in [-0.05, 0) is 77.8 Å². The lowest BCUT2D eigenvalue weighted by molar-refractivity contribution is -0.125. The van der Waals surface area contributed by atoms with Crippen molar-refractivity contribution >= 4 is 22.7 Å². The number of nitrogens with one attached hydrogen (secondary N) is 2. The number of aryl methyl sites for hydroxylation is 2. The van der Waals surface area contributed by atoms with Gasteiger partial charge in [0.1, 0.15) is 0 Å². The topological polar surface area (TPSA) is 66.4 Å². The van der Waals surface area contributed by atoms with Crippen molar-refractivity contribution < 1.29 is 9.59 Å². The number of fused-ring (bicyclic) bond motifs is 3. The number of rotatable bonds is 6. The van der Waals surface area contributed by atoms with Gasteiger partial charge < -0.3 is 15.2 Å². The summed E-state index contributed by atoms with van der Waals surface area (Å²) in [4.78, 5) is 28.0. The van der Waals surface area contributed by atoms with Gasteiger partial charge in [-0.25, -0.2) is 0 Å². The zero-order chi connectivity index (χ0) is 23.0. The Bertz CT molecular complexity index is 989. The number of piperidine rings is 1. The molecule has 2 bridgehead atoms. The predicted octanol–water partition coefficient (Wildman–Crippen LogP) is 3.86. The van der Waals surface area contributed by atoms with Gasteiger partial charge in [-0.1, -0.05) is 12.1 Å². The summed E-state index contributed by atoms with van der Waals surface area (Å²) in [5.41, 5.74) is 2.84. The summed E-state index contributed by atoms with van der Waals surface area (Å²) < 4.78 is 2.15. The van der Waals surface area contributed by atoms with E-state index in [0.29, 0.717) is 31.1 Å². The first-order valence-corrected chi connectivity index (χ1v) is 12.1. The van der Waals surface area contributed by atoms with Crippen molar-refractivity contribution in [1.29, 1.82) is 0 Å². The molecule has 4 rings (SSSR count). The Kier molecular flexibility index (Phi) is 6.35. The van der Waals surface area contributed by atoms with Gasteiger partial charge in [-0.15, -0.1) is 0 Å². The molecule has 174 valence electrons. The number of amides is 2. The van der Waals surface area contributed by atoms with Crippen LogP contribution in [-0.4, -0.2) is 52.0 Å². The second-order valence-electron chi connectivity index (χ2n) is 10.7. The number of hydrogen-bond acceptors (Lipinski definition) is 3. The Morgan fingerprint density at radius 1 is 1.12 bits per heavy atom. The van der Waals surface area contributed by atoms with Crippen LogP contribution in [0.25, 0.3) is 10.9 Å². The van der Waals surface area contributed by atoms with Gasteiger partial charge in [0.15, 0.2) is 0 Å². The van der Waals surface area contributed by atoms with Crippen LogP contribution in [0.2, 0.25) is 0 Å². The Balaban J connectivity index is 1.37. The highest BCUT2D eigenvalue weighted by atomic mass is 16.2.